The first-order valence-electron chi connectivity index (χ1n) is 4.87. The van der Waals surface area contributed by atoms with Crippen LogP contribution in [0.15, 0.2) is 30.3 Å². The van der Waals surface area contributed by atoms with E-state index < -0.39 is 0 Å². The Balaban J connectivity index is 2.11. The third-order valence-corrected chi connectivity index (χ3v) is 2.02. The molecule has 0 saturated carbocycles. The number of nitrogens with zero attached hydrogens (tertiary/aromatic N) is 2. The van der Waals surface area contributed by atoms with Crippen molar-refractivity contribution in [2.75, 3.05) is 0 Å². The van der Waals surface area contributed by atoms with Gasteiger partial charge in [0.05, 0.1) is 12.3 Å². The Labute approximate surface area is 93.5 Å². The third kappa shape index (κ3) is 2.55. The number of aryl methyl sites for hydroxylation is 1. The van der Waals surface area contributed by atoms with Gasteiger partial charge in [0.1, 0.15) is 5.75 Å². The molecule has 2 aromatic rings. The van der Waals surface area contributed by atoms with Crippen LogP contribution in [-0.2, 0) is 6.61 Å². The molecule has 0 bridgehead atoms. The minimum absolute atomic E-state index is 0.00111. The molecule has 0 aliphatic carbocycles. The predicted octanol–water partition coefficient (Wildman–Crippen LogP) is 1.87. The van der Waals surface area contributed by atoms with E-state index in [1.807, 2.05) is 13.0 Å². The number of rotatable bonds is 3. The highest BCUT2D eigenvalue weighted by Gasteiger charge is 1.99. The third-order valence-electron chi connectivity index (χ3n) is 2.02. The van der Waals surface area contributed by atoms with E-state index in [0.717, 1.165) is 11.3 Å². The monoisotopic (exact) mass is 215 g/mol. The van der Waals surface area contributed by atoms with Crippen molar-refractivity contribution in [2.45, 2.75) is 13.5 Å². The summed E-state index contributed by atoms with van der Waals surface area (Å²) in [6.07, 6.45) is 0. The number of aliphatic hydroxyl groups excluding tert-OH is 1. The molecule has 1 N–H and O–H groups in total. The van der Waals surface area contributed by atoms with Crippen LogP contribution < -0.4 is 4.74 Å². The molecule has 1 radical (unpaired) electrons. The highest BCUT2D eigenvalue weighted by Crippen LogP contribution is 2.18. The van der Waals surface area contributed by atoms with Crippen molar-refractivity contribution >= 4 is 0 Å². The van der Waals surface area contributed by atoms with Crippen LogP contribution >= 0.6 is 0 Å². The molecule has 0 aliphatic rings. The fourth-order valence-corrected chi connectivity index (χ4v) is 1.16. The maximum Gasteiger partial charge on any atom is 0.238 e. The molecular formula is C12H11N2O2. The highest BCUT2D eigenvalue weighted by molar-refractivity contribution is 5.28. The quantitative estimate of drug-likeness (QED) is 0.849. The van der Waals surface area contributed by atoms with E-state index in [4.69, 9.17) is 9.84 Å². The summed E-state index contributed by atoms with van der Waals surface area (Å²) in [5.74, 6) is 0.981. The fourth-order valence-electron chi connectivity index (χ4n) is 1.16. The molecule has 4 nitrogen and oxygen atoms in total. The summed E-state index contributed by atoms with van der Waals surface area (Å²) in [6.45, 7) is 1.86. The van der Waals surface area contributed by atoms with Gasteiger partial charge in [-0.2, -0.15) is 5.10 Å². The van der Waals surface area contributed by atoms with Gasteiger partial charge in [-0.05, 0) is 30.7 Å². The Morgan fingerprint density at radius 2 is 2.12 bits per heavy atom. The molecule has 1 aromatic carbocycles. The van der Waals surface area contributed by atoms with Crippen molar-refractivity contribution in [3.8, 4) is 11.6 Å². The second-order valence-electron chi connectivity index (χ2n) is 3.33. The topological polar surface area (TPSA) is 55.2 Å². The number of hydrogen-bond donors (Lipinski definition) is 1. The van der Waals surface area contributed by atoms with Gasteiger partial charge in [-0.1, -0.05) is 6.07 Å². The predicted molar refractivity (Wildman–Crippen MR) is 58.0 cm³/mol. The lowest BCUT2D eigenvalue weighted by molar-refractivity contribution is 0.281. The Hall–Kier alpha value is -1.94. The second-order valence-corrected chi connectivity index (χ2v) is 3.33. The second kappa shape index (κ2) is 4.72. The standard InChI is InChI=1S/C12H11N2O2/c1-9-2-7-12(14-13-9)16-11-5-3-10(8-15)4-6-11/h2-5,7,15H,8H2,1H3. The molecule has 0 unspecified atom stereocenters. The fraction of sp³-hybridized carbons (Fsp3) is 0.167. The summed E-state index contributed by atoms with van der Waals surface area (Å²) in [4.78, 5) is 0. The zero-order valence-electron chi connectivity index (χ0n) is 8.84. The molecule has 2 rings (SSSR count). The summed E-state index contributed by atoms with van der Waals surface area (Å²) < 4.78 is 5.42. The summed E-state index contributed by atoms with van der Waals surface area (Å²) in [5.41, 5.74) is 1.63. The van der Waals surface area contributed by atoms with Crippen LogP contribution in [0.3, 0.4) is 0 Å². The van der Waals surface area contributed by atoms with Crippen LogP contribution in [0.4, 0.5) is 0 Å². The van der Waals surface area contributed by atoms with Crippen LogP contribution in [0.25, 0.3) is 0 Å². The smallest absolute Gasteiger partial charge is 0.238 e. The van der Waals surface area contributed by atoms with Gasteiger partial charge in [0.2, 0.25) is 5.88 Å². The number of hydrogen-bond acceptors (Lipinski definition) is 4. The van der Waals surface area contributed by atoms with Gasteiger partial charge in [-0.25, -0.2) is 0 Å². The average Bonchev–Trinajstić information content (AvgIpc) is 2.33. The van der Waals surface area contributed by atoms with E-state index in [2.05, 4.69) is 16.3 Å². The SMILES string of the molecule is Cc1ccc(Oc2[c]cc(CO)cc2)nn1. The Kier molecular flexibility index (Phi) is 3.12. The van der Waals surface area contributed by atoms with Crippen molar-refractivity contribution in [2.24, 2.45) is 0 Å². The van der Waals surface area contributed by atoms with Crippen LogP contribution in [0.5, 0.6) is 11.6 Å². The lowest BCUT2D eigenvalue weighted by Gasteiger charge is -2.03. The van der Waals surface area contributed by atoms with Crippen molar-refractivity contribution in [3.63, 3.8) is 0 Å². The number of benzene rings is 1. The summed E-state index contributed by atoms with van der Waals surface area (Å²) in [6, 6.07) is 11.6. The molecule has 0 spiro atoms. The molecule has 0 aliphatic heterocycles. The van der Waals surface area contributed by atoms with Crippen LogP contribution in [0, 0.1) is 13.0 Å². The molecule has 0 amide bonds. The Morgan fingerprint density at radius 1 is 1.25 bits per heavy atom. The molecule has 0 fully saturated rings. The van der Waals surface area contributed by atoms with Crippen molar-refractivity contribution in [1.29, 1.82) is 0 Å². The first kappa shape index (κ1) is 10.6. The highest BCUT2D eigenvalue weighted by atomic mass is 16.5. The maximum absolute atomic E-state index is 8.87. The van der Waals surface area contributed by atoms with E-state index in [9.17, 15) is 0 Å². The largest absolute Gasteiger partial charge is 0.437 e. The van der Waals surface area contributed by atoms with E-state index in [1.165, 1.54) is 0 Å². The van der Waals surface area contributed by atoms with Crippen molar-refractivity contribution in [3.05, 3.63) is 47.7 Å². The molecule has 4 heteroatoms. The molecule has 1 aromatic heterocycles. The zero-order chi connectivity index (χ0) is 11.4. The number of ether oxygens (including phenoxy) is 1. The van der Waals surface area contributed by atoms with E-state index in [1.54, 1.807) is 24.3 Å². The molecule has 16 heavy (non-hydrogen) atoms. The summed E-state index contributed by atoms with van der Waals surface area (Å²) >= 11 is 0. The zero-order valence-corrected chi connectivity index (χ0v) is 8.84. The van der Waals surface area contributed by atoms with Gasteiger partial charge in [0, 0.05) is 12.1 Å². The maximum atomic E-state index is 8.87. The lowest BCUT2D eigenvalue weighted by atomic mass is 10.2. The minimum atomic E-state index is 0.00111. The molecule has 1 heterocycles. The van der Waals surface area contributed by atoms with E-state index in [0.29, 0.717) is 11.6 Å². The lowest BCUT2D eigenvalue weighted by Crippen LogP contribution is -1.92. The van der Waals surface area contributed by atoms with Crippen molar-refractivity contribution in [1.82, 2.24) is 10.2 Å². The van der Waals surface area contributed by atoms with Crippen LogP contribution in [0.1, 0.15) is 11.3 Å². The van der Waals surface area contributed by atoms with E-state index in [-0.39, 0.29) is 6.61 Å². The minimum Gasteiger partial charge on any atom is -0.437 e. The van der Waals surface area contributed by atoms with Crippen molar-refractivity contribution < 1.29 is 9.84 Å². The van der Waals surface area contributed by atoms with Crippen LogP contribution in [-0.4, -0.2) is 15.3 Å². The van der Waals surface area contributed by atoms with Crippen LogP contribution in [0.2, 0.25) is 0 Å². The number of aromatic nitrogens is 2. The molecule has 0 saturated heterocycles. The number of aliphatic hydroxyl groups is 1. The van der Waals surface area contributed by atoms with Gasteiger partial charge in [-0.3, -0.25) is 0 Å². The van der Waals surface area contributed by atoms with Gasteiger partial charge >= 0.3 is 0 Å². The summed E-state index contributed by atoms with van der Waals surface area (Å²) in [5, 5.41) is 16.6. The first-order chi connectivity index (χ1) is 7.78. The van der Waals surface area contributed by atoms with Gasteiger partial charge in [0.25, 0.3) is 0 Å². The summed E-state index contributed by atoms with van der Waals surface area (Å²) in [7, 11) is 0. The average molecular weight is 215 g/mol. The molecular weight excluding hydrogens is 204 g/mol. The van der Waals surface area contributed by atoms with Gasteiger partial charge < -0.3 is 9.84 Å². The Morgan fingerprint density at radius 3 is 2.69 bits per heavy atom. The van der Waals surface area contributed by atoms with Gasteiger partial charge in [-0.15, -0.1) is 5.10 Å². The Bertz CT molecular complexity index is 451. The van der Waals surface area contributed by atoms with E-state index >= 15 is 0 Å². The van der Waals surface area contributed by atoms with Gasteiger partial charge in [0.15, 0.2) is 0 Å². The normalized spacial score (nSPS) is 10.1. The molecule has 81 valence electrons. The molecule has 0 atom stereocenters. The first-order valence-corrected chi connectivity index (χ1v) is 4.87.